The summed E-state index contributed by atoms with van der Waals surface area (Å²) in [4.78, 5) is 2.26. The highest BCUT2D eigenvalue weighted by Gasteiger charge is 2.72. The Balaban J connectivity index is 2.42. The molecular formula is C17H33NO. The van der Waals surface area contributed by atoms with Crippen molar-refractivity contribution in [2.45, 2.75) is 65.9 Å². The van der Waals surface area contributed by atoms with E-state index >= 15 is 0 Å². The molecule has 0 saturated heterocycles. The van der Waals surface area contributed by atoms with Gasteiger partial charge in [0, 0.05) is 5.41 Å². The summed E-state index contributed by atoms with van der Waals surface area (Å²) in [6.45, 7) is 12.6. The van der Waals surface area contributed by atoms with Crippen molar-refractivity contribution in [1.29, 1.82) is 0 Å². The molecule has 1 unspecified atom stereocenters. The van der Waals surface area contributed by atoms with Gasteiger partial charge in [-0.15, -0.1) is 0 Å². The topological polar surface area (TPSA) is 23.5 Å². The summed E-state index contributed by atoms with van der Waals surface area (Å²) in [6, 6.07) is 0. The zero-order chi connectivity index (χ0) is 14.7. The maximum atomic E-state index is 11.6. The third kappa shape index (κ3) is 1.82. The molecule has 0 aromatic rings. The molecule has 2 aliphatic carbocycles. The van der Waals surface area contributed by atoms with Crippen LogP contribution in [0.2, 0.25) is 0 Å². The van der Waals surface area contributed by atoms with Gasteiger partial charge in [-0.1, -0.05) is 34.6 Å². The Morgan fingerprint density at radius 2 is 1.79 bits per heavy atom. The Labute approximate surface area is 119 Å². The molecule has 0 spiro atoms. The molecule has 112 valence electrons. The Morgan fingerprint density at radius 1 is 1.21 bits per heavy atom. The number of aliphatic hydroxyl groups is 1. The van der Waals surface area contributed by atoms with Crippen molar-refractivity contribution in [3.05, 3.63) is 0 Å². The molecule has 0 aromatic heterocycles. The van der Waals surface area contributed by atoms with E-state index in [1.165, 1.54) is 12.8 Å². The highest BCUT2D eigenvalue weighted by atomic mass is 16.3. The van der Waals surface area contributed by atoms with Gasteiger partial charge in [0.15, 0.2) is 0 Å². The molecular weight excluding hydrogens is 234 g/mol. The van der Waals surface area contributed by atoms with Crippen molar-refractivity contribution in [1.82, 2.24) is 4.90 Å². The maximum Gasteiger partial charge on any atom is 0.0760 e. The van der Waals surface area contributed by atoms with E-state index in [0.717, 1.165) is 19.4 Å². The van der Waals surface area contributed by atoms with Gasteiger partial charge in [0.1, 0.15) is 0 Å². The molecule has 2 aliphatic rings. The first kappa shape index (κ1) is 15.3. The van der Waals surface area contributed by atoms with Crippen LogP contribution < -0.4 is 0 Å². The van der Waals surface area contributed by atoms with Gasteiger partial charge >= 0.3 is 0 Å². The van der Waals surface area contributed by atoms with Gasteiger partial charge < -0.3 is 10.0 Å². The minimum atomic E-state index is -0.511. The number of hydrogen-bond donors (Lipinski definition) is 1. The zero-order valence-electron chi connectivity index (χ0n) is 14.0. The van der Waals surface area contributed by atoms with Crippen molar-refractivity contribution in [3.63, 3.8) is 0 Å². The normalized spacial score (nSPS) is 41.2. The highest BCUT2D eigenvalue weighted by molar-refractivity contribution is 5.22. The maximum absolute atomic E-state index is 11.6. The van der Waals surface area contributed by atoms with Crippen molar-refractivity contribution < 1.29 is 5.11 Å². The SMILES string of the molecule is CN(C)CC[C@]12CCC(C[C@]1(O)C(C)(C)C)C2(C)C. The smallest absolute Gasteiger partial charge is 0.0760 e. The van der Waals surface area contributed by atoms with E-state index in [0.29, 0.717) is 5.92 Å². The van der Waals surface area contributed by atoms with Crippen LogP contribution in [0.15, 0.2) is 0 Å². The quantitative estimate of drug-likeness (QED) is 0.845. The van der Waals surface area contributed by atoms with Gasteiger partial charge in [0.05, 0.1) is 5.60 Å². The predicted molar refractivity (Wildman–Crippen MR) is 81.1 cm³/mol. The van der Waals surface area contributed by atoms with Crippen molar-refractivity contribution >= 4 is 0 Å². The monoisotopic (exact) mass is 267 g/mol. The summed E-state index contributed by atoms with van der Waals surface area (Å²) in [5.41, 5.74) is -0.188. The average molecular weight is 267 g/mol. The molecule has 0 radical (unpaired) electrons. The second kappa shape index (κ2) is 4.21. The number of rotatable bonds is 3. The number of fused-ring (bicyclic) bond motifs is 2. The van der Waals surface area contributed by atoms with Gasteiger partial charge in [-0.05, 0) is 63.1 Å². The molecule has 1 N–H and O–H groups in total. The van der Waals surface area contributed by atoms with Gasteiger partial charge in [-0.2, -0.15) is 0 Å². The fourth-order valence-corrected chi connectivity index (χ4v) is 5.24. The lowest BCUT2D eigenvalue weighted by atomic mass is 9.54. The van der Waals surface area contributed by atoms with E-state index in [-0.39, 0.29) is 16.2 Å². The largest absolute Gasteiger partial charge is 0.389 e. The first-order chi connectivity index (χ1) is 8.48. The van der Waals surface area contributed by atoms with Crippen LogP contribution in [0.3, 0.4) is 0 Å². The molecule has 0 amide bonds. The standard InChI is InChI=1S/C17H33NO/c1-14(2,3)17(19)12-13-8-9-16(17,15(13,4)5)10-11-18(6)7/h13,19H,8-12H2,1-7H3/t13?,16-,17-/m0/s1. The van der Waals surface area contributed by atoms with Crippen LogP contribution in [0.4, 0.5) is 0 Å². The molecule has 2 nitrogen and oxygen atoms in total. The third-order valence-electron chi connectivity index (χ3n) is 6.73. The summed E-state index contributed by atoms with van der Waals surface area (Å²) < 4.78 is 0. The minimum absolute atomic E-state index is 0.0360. The lowest BCUT2D eigenvalue weighted by molar-refractivity contribution is -0.170. The van der Waals surface area contributed by atoms with Gasteiger partial charge in [0.2, 0.25) is 0 Å². The molecule has 0 aromatic carbocycles. The molecule has 2 saturated carbocycles. The highest BCUT2D eigenvalue weighted by Crippen LogP contribution is 2.74. The van der Waals surface area contributed by atoms with E-state index in [1.807, 2.05) is 0 Å². The van der Waals surface area contributed by atoms with Gasteiger partial charge in [0.25, 0.3) is 0 Å². The van der Waals surface area contributed by atoms with E-state index in [4.69, 9.17) is 0 Å². The molecule has 2 fully saturated rings. The van der Waals surface area contributed by atoms with Crippen LogP contribution in [0.25, 0.3) is 0 Å². The molecule has 2 rings (SSSR count). The fourth-order valence-electron chi connectivity index (χ4n) is 5.24. The molecule has 2 bridgehead atoms. The van der Waals surface area contributed by atoms with E-state index < -0.39 is 5.60 Å². The average Bonchev–Trinajstić information content (AvgIpc) is 2.57. The summed E-state index contributed by atoms with van der Waals surface area (Å²) in [5.74, 6) is 0.693. The van der Waals surface area contributed by atoms with Crippen LogP contribution in [0.1, 0.15) is 60.3 Å². The van der Waals surface area contributed by atoms with Crippen LogP contribution >= 0.6 is 0 Å². The molecule has 0 heterocycles. The lowest BCUT2D eigenvalue weighted by Gasteiger charge is -2.54. The predicted octanol–water partition coefficient (Wildman–Crippen LogP) is 3.54. The van der Waals surface area contributed by atoms with E-state index in [1.54, 1.807) is 0 Å². The van der Waals surface area contributed by atoms with Crippen LogP contribution in [-0.4, -0.2) is 36.2 Å². The van der Waals surface area contributed by atoms with Crippen molar-refractivity contribution in [2.24, 2.45) is 22.2 Å². The first-order valence-electron chi connectivity index (χ1n) is 7.85. The van der Waals surface area contributed by atoms with E-state index in [9.17, 15) is 5.11 Å². The third-order valence-corrected chi connectivity index (χ3v) is 6.73. The van der Waals surface area contributed by atoms with Gasteiger partial charge in [-0.25, -0.2) is 0 Å². The molecule has 19 heavy (non-hydrogen) atoms. The summed E-state index contributed by atoms with van der Waals surface area (Å²) in [6.07, 6.45) is 4.62. The van der Waals surface area contributed by atoms with Crippen LogP contribution in [0, 0.1) is 22.2 Å². The van der Waals surface area contributed by atoms with E-state index in [2.05, 4.69) is 53.6 Å². The Kier molecular flexibility index (Phi) is 3.39. The molecule has 3 atom stereocenters. The Hall–Kier alpha value is -0.0800. The fraction of sp³-hybridized carbons (Fsp3) is 1.00. The summed E-state index contributed by atoms with van der Waals surface area (Å²) in [5, 5.41) is 11.6. The van der Waals surface area contributed by atoms with Crippen molar-refractivity contribution in [2.75, 3.05) is 20.6 Å². The van der Waals surface area contributed by atoms with Gasteiger partial charge in [-0.3, -0.25) is 0 Å². The zero-order valence-corrected chi connectivity index (χ0v) is 14.0. The lowest BCUT2D eigenvalue weighted by Crippen LogP contribution is -2.57. The molecule has 2 heteroatoms. The minimum Gasteiger partial charge on any atom is -0.389 e. The summed E-state index contributed by atoms with van der Waals surface area (Å²) in [7, 11) is 4.28. The van der Waals surface area contributed by atoms with Crippen LogP contribution in [-0.2, 0) is 0 Å². The van der Waals surface area contributed by atoms with Crippen molar-refractivity contribution in [3.8, 4) is 0 Å². The number of hydrogen-bond acceptors (Lipinski definition) is 2. The second-order valence-corrected chi connectivity index (χ2v) is 8.91. The summed E-state index contributed by atoms with van der Waals surface area (Å²) >= 11 is 0. The Bertz CT molecular complexity index is 355. The second-order valence-electron chi connectivity index (χ2n) is 8.91. The first-order valence-corrected chi connectivity index (χ1v) is 7.85. The van der Waals surface area contributed by atoms with Crippen LogP contribution in [0.5, 0.6) is 0 Å². The number of nitrogens with zero attached hydrogens (tertiary/aromatic N) is 1. The molecule has 0 aliphatic heterocycles. The Morgan fingerprint density at radius 3 is 2.21 bits per heavy atom.